The highest BCUT2D eigenvalue weighted by Crippen LogP contribution is 2.44. The molecule has 0 spiro atoms. The Bertz CT molecular complexity index is 1090. The number of benzene rings is 2. The van der Waals surface area contributed by atoms with Crippen LogP contribution in [0.3, 0.4) is 0 Å². The maximum absolute atomic E-state index is 13.3. The molecule has 7 nitrogen and oxygen atoms in total. The minimum atomic E-state index is -0.884. The number of hydrogen-bond donors (Lipinski definition) is 2. The fourth-order valence-corrected chi connectivity index (χ4v) is 5.31. The number of nitrogens with one attached hydrogen (secondary N) is 1. The van der Waals surface area contributed by atoms with Crippen LogP contribution in [0.2, 0.25) is 0 Å². The molecule has 186 valence electrons. The molecule has 0 bridgehead atoms. The van der Waals surface area contributed by atoms with Crippen LogP contribution in [0.1, 0.15) is 57.1 Å². The number of likely N-dealkylation sites (tertiary alicyclic amines) is 1. The van der Waals surface area contributed by atoms with Crippen molar-refractivity contribution in [1.29, 1.82) is 0 Å². The second-order valence-electron chi connectivity index (χ2n) is 10.0. The van der Waals surface area contributed by atoms with E-state index >= 15 is 0 Å². The van der Waals surface area contributed by atoms with E-state index in [0.29, 0.717) is 25.8 Å². The summed E-state index contributed by atoms with van der Waals surface area (Å²) in [6.45, 7) is 6.52. The monoisotopic (exact) mass is 478 g/mol. The summed E-state index contributed by atoms with van der Waals surface area (Å²) in [4.78, 5) is 39.4. The van der Waals surface area contributed by atoms with Crippen LogP contribution < -0.4 is 5.32 Å². The van der Waals surface area contributed by atoms with Gasteiger partial charge in [0.15, 0.2) is 0 Å². The number of hydrogen-bond acceptors (Lipinski definition) is 4. The van der Waals surface area contributed by atoms with Gasteiger partial charge in [-0.15, -0.1) is 0 Å². The van der Waals surface area contributed by atoms with Crippen LogP contribution >= 0.6 is 0 Å². The van der Waals surface area contributed by atoms with Crippen molar-refractivity contribution < 1.29 is 24.2 Å². The average molecular weight is 479 g/mol. The van der Waals surface area contributed by atoms with Crippen molar-refractivity contribution in [2.45, 2.75) is 46.0 Å². The smallest absolute Gasteiger partial charge is 0.407 e. The lowest BCUT2D eigenvalue weighted by molar-refractivity contribution is -0.149. The summed E-state index contributed by atoms with van der Waals surface area (Å²) >= 11 is 0. The highest BCUT2D eigenvalue weighted by Gasteiger charge is 2.47. The van der Waals surface area contributed by atoms with E-state index in [4.69, 9.17) is 4.74 Å². The normalized spacial score (nSPS) is 20.6. The van der Waals surface area contributed by atoms with Crippen molar-refractivity contribution >= 4 is 18.0 Å². The minimum Gasteiger partial charge on any atom is -0.481 e. The summed E-state index contributed by atoms with van der Waals surface area (Å²) in [5.74, 6) is -1.02. The molecule has 7 heteroatoms. The van der Waals surface area contributed by atoms with Gasteiger partial charge in [-0.05, 0) is 48.4 Å². The van der Waals surface area contributed by atoms with Crippen LogP contribution in [0.25, 0.3) is 11.1 Å². The SMILES string of the molecule is CCC(C)(CNC(=O)OCC1c2ccccc2-c2ccccc21)C(=O)N1CCC(CC)(C(=O)O)C1. The Balaban J connectivity index is 1.37. The molecule has 2 aromatic carbocycles. The maximum Gasteiger partial charge on any atom is 0.407 e. The number of carboxylic acids is 1. The quantitative estimate of drug-likeness (QED) is 0.576. The summed E-state index contributed by atoms with van der Waals surface area (Å²) in [6.07, 6.45) is 0.879. The third-order valence-electron chi connectivity index (χ3n) is 8.03. The molecule has 1 aliphatic carbocycles. The number of rotatable bonds is 8. The second-order valence-corrected chi connectivity index (χ2v) is 10.0. The van der Waals surface area contributed by atoms with E-state index in [-0.39, 0.29) is 31.5 Å². The van der Waals surface area contributed by atoms with Gasteiger partial charge in [-0.1, -0.05) is 62.4 Å². The molecule has 2 atom stereocenters. The van der Waals surface area contributed by atoms with Gasteiger partial charge in [0, 0.05) is 25.6 Å². The van der Waals surface area contributed by atoms with Gasteiger partial charge in [0.25, 0.3) is 0 Å². The van der Waals surface area contributed by atoms with Gasteiger partial charge in [-0.2, -0.15) is 0 Å². The molecule has 2 unspecified atom stereocenters. The van der Waals surface area contributed by atoms with Crippen molar-refractivity contribution in [3.63, 3.8) is 0 Å². The van der Waals surface area contributed by atoms with Gasteiger partial charge >= 0.3 is 12.1 Å². The zero-order valence-corrected chi connectivity index (χ0v) is 20.7. The molecule has 1 saturated heterocycles. The first-order valence-corrected chi connectivity index (χ1v) is 12.4. The van der Waals surface area contributed by atoms with Crippen LogP contribution in [0.15, 0.2) is 48.5 Å². The summed E-state index contributed by atoms with van der Waals surface area (Å²) < 4.78 is 5.61. The van der Waals surface area contributed by atoms with Crippen molar-refractivity contribution in [3.05, 3.63) is 59.7 Å². The first-order chi connectivity index (χ1) is 16.7. The van der Waals surface area contributed by atoms with Crippen molar-refractivity contribution in [2.75, 3.05) is 26.2 Å². The summed E-state index contributed by atoms with van der Waals surface area (Å²) in [7, 11) is 0. The third-order valence-corrected chi connectivity index (χ3v) is 8.03. The molecule has 1 fully saturated rings. The fourth-order valence-electron chi connectivity index (χ4n) is 5.31. The van der Waals surface area contributed by atoms with Crippen molar-refractivity contribution in [1.82, 2.24) is 10.2 Å². The minimum absolute atomic E-state index is 0.0323. The standard InChI is InChI=1S/C28H34N2O5/c1-4-27(3,24(31)30-15-14-28(5-2,18-30)25(32)33)17-29-26(34)35-16-23-21-12-8-6-10-19(21)20-11-7-9-13-22(20)23/h6-13,23H,4-5,14-18H2,1-3H3,(H,29,34)(H,32,33). The highest BCUT2D eigenvalue weighted by molar-refractivity contribution is 5.85. The first kappa shape index (κ1) is 24.8. The van der Waals surface area contributed by atoms with E-state index in [2.05, 4.69) is 29.6 Å². The van der Waals surface area contributed by atoms with Gasteiger partial charge in [0.1, 0.15) is 6.61 Å². The molecule has 2 aliphatic rings. The van der Waals surface area contributed by atoms with Gasteiger partial charge < -0.3 is 20.1 Å². The van der Waals surface area contributed by atoms with Gasteiger partial charge in [-0.25, -0.2) is 4.79 Å². The second kappa shape index (κ2) is 9.72. The molecule has 2 aromatic rings. The number of amides is 2. The van der Waals surface area contributed by atoms with E-state index < -0.39 is 22.9 Å². The first-order valence-electron chi connectivity index (χ1n) is 12.4. The zero-order chi connectivity index (χ0) is 25.2. The third kappa shape index (κ3) is 4.51. The zero-order valence-electron chi connectivity index (χ0n) is 20.7. The fraction of sp³-hybridized carbons (Fsp3) is 0.464. The van der Waals surface area contributed by atoms with Crippen LogP contribution in [0.4, 0.5) is 4.79 Å². The topological polar surface area (TPSA) is 95.9 Å². The molecule has 4 rings (SSSR count). The molecule has 0 aromatic heterocycles. The number of aliphatic carboxylic acids is 1. The Morgan fingerprint density at radius 2 is 1.69 bits per heavy atom. The molecule has 2 amide bonds. The highest BCUT2D eigenvalue weighted by atomic mass is 16.5. The summed E-state index contributed by atoms with van der Waals surface area (Å²) in [6, 6.07) is 16.3. The Labute approximate surface area is 206 Å². The van der Waals surface area contributed by atoms with E-state index in [1.165, 1.54) is 0 Å². The number of carboxylic acid groups (broad SMARTS) is 1. The van der Waals surface area contributed by atoms with Crippen LogP contribution in [-0.2, 0) is 14.3 Å². The molecule has 1 heterocycles. The largest absolute Gasteiger partial charge is 0.481 e. The van der Waals surface area contributed by atoms with E-state index in [1.54, 1.807) is 4.90 Å². The van der Waals surface area contributed by atoms with E-state index in [9.17, 15) is 19.5 Å². The van der Waals surface area contributed by atoms with Crippen molar-refractivity contribution in [2.24, 2.45) is 10.8 Å². The lowest BCUT2D eigenvalue weighted by Gasteiger charge is -2.32. The van der Waals surface area contributed by atoms with E-state index in [1.807, 2.05) is 45.0 Å². The van der Waals surface area contributed by atoms with Gasteiger partial charge in [0.2, 0.25) is 5.91 Å². The Kier molecular flexibility index (Phi) is 6.88. The van der Waals surface area contributed by atoms with Crippen molar-refractivity contribution in [3.8, 4) is 11.1 Å². The molecule has 0 radical (unpaired) electrons. The Morgan fingerprint density at radius 3 is 2.20 bits per heavy atom. The lowest BCUT2D eigenvalue weighted by Crippen LogP contribution is -2.48. The predicted octanol–water partition coefficient (Wildman–Crippen LogP) is 4.65. The molecule has 0 saturated carbocycles. The van der Waals surface area contributed by atoms with Crippen LogP contribution in [0.5, 0.6) is 0 Å². The summed E-state index contributed by atoms with van der Waals surface area (Å²) in [5, 5.41) is 12.4. The van der Waals surface area contributed by atoms with Gasteiger partial charge in [0.05, 0.1) is 10.8 Å². The number of carbonyl (C=O) groups is 3. The number of fused-ring (bicyclic) bond motifs is 3. The number of alkyl carbamates (subject to hydrolysis) is 1. The molecule has 1 aliphatic heterocycles. The van der Waals surface area contributed by atoms with Crippen LogP contribution in [-0.4, -0.2) is 54.2 Å². The average Bonchev–Trinajstić information content (AvgIpc) is 3.46. The maximum atomic E-state index is 13.3. The lowest BCUT2D eigenvalue weighted by atomic mass is 9.83. The Hall–Kier alpha value is -3.35. The molecular formula is C28H34N2O5. The van der Waals surface area contributed by atoms with Gasteiger partial charge in [-0.3, -0.25) is 9.59 Å². The van der Waals surface area contributed by atoms with Crippen LogP contribution in [0, 0.1) is 10.8 Å². The molecule has 35 heavy (non-hydrogen) atoms. The number of carbonyl (C=O) groups excluding carboxylic acids is 2. The molecular weight excluding hydrogens is 444 g/mol. The predicted molar refractivity (Wildman–Crippen MR) is 133 cm³/mol. The van der Waals surface area contributed by atoms with E-state index in [0.717, 1.165) is 22.3 Å². The number of nitrogens with zero attached hydrogens (tertiary/aromatic N) is 1. The Morgan fingerprint density at radius 1 is 1.09 bits per heavy atom. The number of ether oxygens (including phenoxy) is 1. The molecule has 2 N–H and O–H groups in total. The summed E-state index contributed by atoms with van der Waals surface area (Å²) in [5.41, 5.74) is 2.88.